The van der Waals surface area contributed by atoms with Gasteiger partial charge in [-0.1, -0.05) is 49.0 Å². The Morgan fingerprint density at radius 3 is 2.29 bits per heavy atom. The molecular formula is C17H18Cl2N2O3. The van der Waals surface area contributed by atoms with Gasteiger partial charge in [0.15, 0.2) is 0 Å². The molecule has 1 aromatic carbocycles. The van der Waals surface area contributed by atoms with Gasteiger partial charge >= 0.3 is 17.8 Å². The molecule has 0 spiro atoms. The third-order valence-electron chi connectivity index (χ3n) is 4.86. The highest BCUT2D eigenvalue weighted by Crippen LogP contribution is 2.33. The van der Waals surface area contributed by atoms with Crippen molar-refractivity contribution >= 4 is 41.0 Å². The minimum absolute atomic E-state index is 0.0977. The Morgan fingerprint density at radius 1 is 1.04 bits per heavy atom. The second-order valence-corrected chi connectivity index (χ2v) is 7.19. The summed E-state index contributed by atoms with van der Waals surface area (Å²) >= 11 is 12.2. The topological polar surface area (TPSA) is 57.7 Å². The summed E-state index contributed by atoms with van der Waals surface area (Å²) in [5, 5.41) is 0.722. The molecule has 0 N–H and O–H groups in total. The molecule has 2 aliphatic rings. The highest BCUT2D eigenvalue weighted by atomic mass is 35.5. The summed E-state index contributed by atoms with van der Waals surface area (Å²) in [6.45, 7) is 1.92. The van der Waals surface area contributed by atoms with Crippen LogP contribution in [0.1, 0.15) is 38.2 Å². The van der Waals surface area contributed by atoms with Crippen molar-refractivity contribution in [2.75, 3.05) is 0 Å². The standard InChI is InChI=1S/C17H18Cl2N2O3/c1-10-5-2-3-8-14(10)21-16(23)15(22)20(17(21)24)9-11-12(18)6-4-7-13(11)19/h4,6-7,10,14H,2-3,5,8-9H2,1H3/t10-,14+/m1/s1. The Bertz CT molecular complexity index is 687. The van der Waals surface area contributed by atoms with Crippen molar-refractivity contribution in [2.45, 2.75) is 45.2 Å². The molecule has 2 fully saturated rings. The van der Waals surface area contributed by atoms with E-state index in [2.05, 4.69) is 0 Å². The average molecular weight is 369 g/mol. The first-order valence-electron chi connectivity index (χ1n) is 8.03. The number of imide groups is 2. The molecule has 0 aromatic heterocycles. The summed E-state index contributed by atoms with van der Waals surface area (Å²) in [5.41, 5.74) is 0.467. The zero-order chi connectivity index (χ0) is 17.4. The predicted octanol–water partition coefficient (Wildman–Crippen LogP) is 3.86. The van der Waals surface area contributed by atoms with Crippen molar-refractivity contribution in [3.8, 4) is 0 Å². The molecule has 1 aliphatic heterocycles. The van der Waals surface area contributed by atoms with Crippen LogP contribution in [0.25, 0.3) is 0 Å². The van der Waals surface area contributed by atoms with E-state index < -0.39 is 17.8 Å². The van der Waals surface area contributed by atoms with E-state index in [4.69, 9.17) is 23.2 Å². The minimum Gasteiger partial charge on any atom is -0.263 e. The van der Waals surface area contributed by atoms with Crippen LogP contribution in [0.5, 0.6) is 0 Å². The molecule has 1 aromatic rings. The Labute approximate surface area is 150 Å². The molecule has 7 heteroatoms. The first-order valence-corrected chi connectivity index (χ1v) is 8.79. The van der Waals surface area contributed by atoms with Gasteiger partial charge in [0.05, 0.1) is 6.54 Å². The van der Waals surface area contributed by atoms with Crippen LogP contribution in [0.2, 0.25) is 10.0 Å². The number of nitrogens with zero attached hydrogens (tertiary/aromatic N) is 2. The third kappa shape index (κ3) is 2.91. The van der Waals surface area contributed by atoms with Crippen LogP contribution in [-0.2, 0) is 16.1 Å². The lowest BCUT2D eigenvalue weighted by Gasteiger charge is -2.34. The number of carbonyl (C=O) groups excluding carboxylic acids is 3. The maximum absolute atomic E-state index is 12.7. The molecule has 2 atom stereocenters. The molecule has 0 bridgehead atoms. The van der Waals surface area contributed by atoms with Crippen molar-refractivity contribution in [3.05, 3.63) is 33.8 Å². The molecule has 1 aliphatic carbocycles. The average Bonchev–Trinajstić information content (AvgIpc) is 2.75. The van der Waals surface area contributed by atoms with Gasteiger partial charge in [0.25, 0.3) is 0 Å². The number of halogens is 2. The molecule has 0 unspecified atom stereocenters. The Hall–Kier alpha value is -1.59. The Morgan fingerprint density at radius 2 is 1.67 bits per heavy atom. The lowest BCUT2D eigenvalue weighted by molar-refractivity contribution is -0.144. The van der Waals surface area contributed by atoms with Crippen LogP contribution in [0.15, 0.2) is 18.2 Å². The van der Waals surface area contributed by atoms with Gasteiger partial charge in [-0.25, -0.2) is 4.79 Å². The van der Waals surface area contributed by atoms with Gasteiger partial charge in [-0.2, -0.15) is 0 Å². The van der Waals surface area contributed by atoms with E-state index in [0.717, 1.165) is 35.5 Å². The molecule has 1 heterocycles. The number of hydrogen-bond donors (Lipinski definition) is 0. The van der Waals surface area contributed by atoms with Crippen molar-refractivity contribution in [3.63, 3.8) is 0 Å². The molecular weight excluding hydrogens is 351 g/mol. The summed E-state index contributed by atoms with van der Waals surface area (Å²) in [6.07, 6.45) is 3.73. The van der Waals surface area contributed by atoms with Crippen LogP contribution < -0.4 is 0 Å². The van der Waals surface area contributed by atoms with Crippen LogP contribution in [0.4, 0.5) is 4.79 Å². The largest absolute Gasteiger partial charge is 0.334 e. The summed E-state index contributed by atoms with van der Waals surface area (Å²) < 4.78 is 0. The molecule has 1 saturated heterocycles. The lowest BCUT2D eigenvalue weighted by atomic mass is 9.85. The quantitative estimate of drug-likeness (QED) is 0.601. The van der Waals surface area contributed by atoms with Gasteiger partial charge in [0, 0.05) is 21.7 Å². The number of urea groups is 1. The maximum Gasteiger partial charge on any atom is 0.334 e. The van der Waals surface area contributed by atoms with Crippen molar-refractivity contribution < 1.29 is 14.4 Å². The zero-order valence-corrected chi connectivity index (χ0v) is 14.8. The second-order valence-electron chi connectivity index (χ2n) is 6.38. The predicted molar refractivity (Wildman–Crippen MR) is 90.7 cm³/mol. The minimum atomic E-state index is -0.811. The van der Waals surface area contributed by atoms with Gasteiger partial charge < -0.3 is 0 Å². The van der Waals surface area contributed by atoms with E-state index in [1.807, 2.05) is 6.92 Å². The lowest BCUT2D eigenvalue weighted by Crippen LogP contribution is -2.46. The fourth-order valence-corrected chi connectivity index (χ4v) is 3.99. The number of hydrogen-bond acceptors (Lipinski definition) is 3. The number of rotatable bonds is 3. The van der Waals surface area contributed by atoms with E-state index in [0.29, 0.717) is 15.6 Å². The molecule has 128 valence electrons. The number of benzene rings is 1. The highest BCUT2D eigenvalue weighted by Gasteiger charge is 2.49. The fourth-order valence-electron chi connectivity index (χ4n) is 3.48. The number of carbonyl (C=O) groups is 3. The molecule has 1 saturated carbocycles. The van der Waals surface area contributed by atoms with Gasteiger partial charge in [0.1, 0.15) is 0 Å². The van der Waals surface area contributed by atoms with E-state index in [-0.39, 0.29) is 18.5 Å². The molecule has 5 nitrogen and oxygen atoms in total. The molecule has 0 radical (unpaired) electrons. The normalized spacial score (nSPS) is 24.9. The summed E-state index contributed by atoms with van der Waals surface area (Å²) in [7, 11) is 0. The van der Waals surface area contributed by atoms with Gasteiger partial charge in [-0.3, -0.25) is 19.4 Å². The van der Waals surface area contributed by atoms with Crippen molar-refractivity contribution in [2.24, 2.45) is 5.92 Å². The van der Waals surface area contributed by atoms with Crippen LogP contribution in [0.3, 0.4) is 0 Å². The first kappa shape index (κ1) is 17.2. The third-order valence-corrected chi connectivity index (χ3v) is 5.57. The van der Waals surface area contributed by atoms with Crippen molar-refractivity contribution in [1.82, 2.24) is 9.80 Å². The summed E-state index contributed by atoms with van der Waals surface area (Å²) in [6, 6.07) is 4.17. The van der Waals surface area contributed by atoms with Gasteiger partial charge in [-0.15, -0.1) is 0 Å². The van der Waals surface area contributed by atoms with Crippen molar-refractivity contribution in [1.29, 1.82) is 0 Å². The van der Waals surface area contributed by atoms with Gasteiger partial charge in [0.2, 0.25) is 0 Å². The van der Waals surface area contributed by atoms with Crippen LogP contribution in [-0.4, -0.2) is 33.7 Å². The maximum atomic E-state index is 12.7. The monoisotopic (exact) mass is 368 g/mol. The van der Waals surface area contributed by atoms with E-state index in [1.165, 1.54) is 0 Å². The SMILES string of the molecule is C[C@@H]1CCCC[C@@H]1N1C(=O)C(=O)N(Cc2c(Cl)cccc2Cl)C1=O. The Kier molecular flexibility index (Phi) is 4.83. The fraction of sp³-hybridized carbons (Fsp3) is 0.471. The number of amides is 4. The van der Waals surface area contributed by atoms with Gasteiger partial charge in [-0.05, 0) is 30.9 Å². The molecule has 4 amide bonds. The van der Waals surface area contributed by atoms with Crippen LogP contribution >= 0.6 is 23.2 Å². The van der Waals surface area contributed by atoms with E-state index in [1.54, 1.807) is 18.2 Å². The first-order chi connectivity index (χ1) is 11.4. The molecule has 3 rings (SSSR count). The summed E-state index contributed by atoms with van der Waals surface area (Å²) in [5.74, 6) is -1.36. The summed E-state index contributed by atoms with van der Waals surface area (Å²) in [4.78, 5) is 39.5. The smallest absolute Gasteiger partial charge is 0.263 e. The zero-order valence-electron chi connectivity index (χ0n) is 13.3. The van der Waals surface area contributed by atoms with E-state index in [9.17, 15) is 14.4 Å². The van der Waals surface area contributed by atoms with E-state index >= 15 is 0 Å². The molecule has 24 heavy (non-hydrogen) atoms. The highest BCUT2D eigenvalue weighted by molar-refractivity contribution is 6.45. The Balaban J connectivity index is 1.87. The van der Waals surface area contributed by atoms with Crippen LogP contribution in [0, 0.1) is 5.92 Å². The second kappa shape index (κ2) is 6.73.